The van der Waals surface area contributed by atoms with Crippen LogP contribution in [0.1, 0.15) is 41.7 Å². The van der Waals surface area contributed by atoms with E-state index in [4.69, 9.17) is 9.15 Å². The summed E-state index contributed by atoms with van der Waals surface area (Å²) in [6.45, 7) is 12.6. The van der Waals surface area contributed by atoms with E-state index in [0.29, 0.717) is 12.4 Å². The second-order valence-corrected chi connectivity index (χ2v) is 8.88. The number of carbonyl (C=O) groups excluding carboxylic acids is 1. The smallest absolute Gasteiger partial charge is 0.248 e. The van der Waals surface area contributed by atoms with Crippen molar-refractivity contribution in [2.24, 2.45) is 0 Å². The number of furan rings is 1. The van der Waals surface area contributed by atoms with Crippen molar-refractivity contribution < 1.29 is 13.9 Å². The first kappa shape index (κ1) is 23.4. The van der Waals surface area contributed by atoms with Gasteiger partial charge in [0.05, 0.1) is 12.9 Å². The molecule has 1 amide bonds. The van der Waals surface area contributed by atoms with Crippen LogP contribution < -0.4 is 10.1 Å². The third-order valence-corrected chi connectivity index (χ3v) is 6.06. The van der Waals surface area contributed by atoms with Gasteiger partial charge in [-0.3, -0.25) is 4.79 Å². The van der Waals surface area contributed by atoms with Crippen molar-refractivity contribution in [2.45, 2.75) is 41.5 Å². The minimum absolute atomic E-state index is 0.172. The Morgan fingerprint density at radius 3 is 2.32 bits per heavy atom. The molecule has 1 heterocycles. The molecule has 0 saturated carbocycles. The van der Waals surface area contributed by atoms with E-state index in [-0.39, 0.29) is 5.91 Å². The van der Waals surface area contributed by atoms with E-state index in [1.807, 2.05) is 45.9 Å². The number of fused-ring (bicyclic) bond motifs is 1. The van der Waals surface area contributed by atoms with Gasteiger partial charge in [0.15, 0.2) is 0 Å². The number of carbonyl (C=O) groups is 1. The lowest BCUT2D eigenvalue weighted by atomic mass is 9.96. The predicted octanol–water partition coefficient (Wildman–Crippen LogP) is 7.77. The number of allylic oxidation sites excluding steroid dienone is 1. The molecule has 0 spiro atoms. The zero-order chi connectivity index (χ0) is 24.4. The molecule has 4 aromatic rings. The van der Waals surface area contributed by atoms with Crippen LogP contribution in [0.3, 0.4) is 0 Å². The van der Waals surface area contributed by atoms with Gasteiger partial charge in [-0.1, -0.05) is 41.5 Å². The summed E-state index contributed by atoms with van der Waals surface area (Å²) in [5.41, 5.74) is 10.0. The number of benzene rings is 3. The van der Waals surface area contributed by atoms with E-state index in [1.54, 1.807) is 12.3 Å². The van der Waals surface area contributed by atoms with Crippen LogP contribution in [0, 0.1) is 27.7 Å². The highest BCUT2D eigenvalue weighted by Crippen LogP contribution is 2.38. The van der Waals surface area contributed by atoms with Crippen molar-refractivity contribution in [1.82, 2.24) is 0 Å². The van der Waals surface area contributed by atoms with Crippen LogP contribution >= 0.6 is 0 Å². The van der Waals surface area contributed by atoms with Gasteiger partial charge in [-0.05, 0) is 75.9 Å². The molecule has 1 N–H and O–H groups in total. The number of hydrogen-bond donors (Lipinski definition) is 1. The van der Waals surface area contributed by atoms with Gasteiger partial charge >= 0.3 is 0 Å². The summed E-state index contributed by atoms with van der Waals surface area (Å²) in [5, 5.41) is 3.99. The SMILES string of the molecule is CCOc1cc2occ(-c3ccc(C)cc3C)c2cc1/C(C)=C/C(=O)Nc1ccc(C)cc1C. The average Bonchev–Trinajstić information content (AvgIpc) is 3.18. The summed E-state index contributed by atoms with van der Waals surface area (Å²) in [6.07, 6.45) is 3.42. The van der Waals surface area contributed by atoms with Gasteiger partial charge in [-0.15, -0.1) is 0 Å². The van der Waals surface area contributed by atoms with Gasteiger partial charge in [-0.25, -0.2) is 0 Å². The Kier molecular flexibility index (Phi) is 6.60. The van der Waals surface area contributed by atoms with Gasteiger partial charge in [0.2, 0.25) is 5.91 Å². The maximum atomic E-state index is 12.8. The highest BCUT2D eigenvalue weighted by atomic mass is 16.5. The second-order valence-electron chi connectivity index (χ2n) is 8.88. The summed E-state index contributed by atoms with van der Waals surface area (Å²) >= 11 is 0. The molecule has 4 rings (SSSR count). The number of hydrogen-bond acceptors (Lipinski definition) is 3. The van der Waals surface area contributed by atoms with E-state index in [1.165, 1.54) is 11.1 Å². The molecule has 0 bridgehead atoms. The fourth-order valence-corrected chi connectivity index (χ4v) is 4.36. The molecule has 0 saturated heterocycles. The van der Waals surface area contributed by atoms with Crippen LogP contribution in [0.25, 0.3) is 27.7 Å². The quantitative estimate of drug-likeness (QED) is 0.303. The lowest BCUT2D eigenvalue weighted by Gasteiger charge is -2.13. The molecule has 0 atom stereocenters. The number of amides is 1. The molecular weight excluding hydrogens is 422 g/mol. The summed E-state index contributed by atoms with van der Waals surface area (Å²) in [4.78, 5) is 12.8. The van der Waals surface area contributed by atoms with E-state index >= 15 is 0 Å². The van der Waals surface area contributed by atoms with E-state index in [9.17, 15) is 4.79 Å². The zero-order valence-electron chi connectivity index (χ0n) is 20.7. The van der Waals surface area contributed by atoms with Crippen LogP contribution in [0.2, 0.25) is 0 Å². The van der Waals surface area contributed by atoms with E-state index < -0.39 is 0 Å². The average molecular weight is 454 g/mol. The first-order valence-electron chi connectivity index (χ1n) is 11.6. The maximum Gasteiger partial charge on any atom is 0.248 e. The molecule has 0 fully saturated rings. The molecule has 0 unspecified atom stereocenters. The first-order chi connectivity index (χ1) is 16.3. The Morgan fingerprint density at radius 2 is 1.65 bits per heavy atom. The standard InChI is InChI=1S/C30H31NO3/c1-7-33-28-16-29-25(26(17-34-29)23-10-8-18(2)12-20(23)4)15-24(28)21(5)14-30(32)31-27-11-9-19(3)13-22(27)6/h8-17H,7H2,1-6H3,(H,31,32)/b21-14+. The molecule has 3 aromatic carbocycles. The predicted molar refractivity (Wildman–Crippen MR) is 140 cm³/mol. The number of aryl methyl sites for hydroxylation is 4. The minimum atomic E-state index is -0.172. The fraction of sp³-hybridized carbons (Fsp3) is 0.233. The highest BCUT2D eigenvalue weighted by Gasteiger charge is 2.16. The van der Waals surface area contributed by atoms with Crippen LogP contribution in [0.15, 0.2) is 65.3 Å². The molecule has 4 heteroatoms. The Balaban J connectivity index is 1.74. The van der Waals surface area contributed by atoms with Gasteiger partial charge in [-0.2, -0.15) is 0 Å². The summed E-state index contributed by atoms with van der Waals surface area (Å²) in [6, 6.07) is 16.4. The molecule has 34 heavy (non-hydrogen) atoms. The molecular formula is C30H31NO3. The molecule has 0 aliphatic carbocycles. The lowest BCUT2D eigenvalue weighted by molar-refractivity contribution is -0.111. The third kappa shape index (κ3) is 4.76. The van der Waals surface area contributed by atoms with Crippen LogP contribution in [-0.2, 0) is 4.79 Å². The third-order valence-electron chi connectivity index (χ3n) is 6.06. The molecule has 0 radical (unpaired) electrons. The fourth-order valence-electron chi connectivity index (χ4n) is 4.36. The van der Waals surface area contributed by atoms with Crippen molar-refractivity contribution in [1.29, 1.82) is 0 Å². The Bertz CT molecular complexity index is 1410. The monoisotopic (exact) mass is 453 g/mol. The Morgan fingerprint density at radius 1 is 0.941 bits per heavy atom. The molecule has 174 valence electrons. The van der Waals surface area contributed by atoms with Gasteiger partial charge in [0.25, 0.3) is 0 Å². The normalized spacial score (nSPS) is 11.6. The second kappa shape index (κ2) is 9.60. The van der Waals surface area contributed by atoms with Gasteiger partial charge in [0, 0.05) is 34.3 Å². The van der Waals surface area contributed by atoms with E-state index in [0.717, 1.165) is 50.0 Å². The highest BCUT2D eigenvalue weighted by molar-refractivity contribution is 6.05. The number of nitrogens with one attached hydrogen (secondary N) is 1. The first-order valence-corrected chi connectivity index (χ1v) is 11.6. The topological polar surface area (TPSA) is 51.5 Å². The van der Waals surface area contributed by atoms with Gasteiger partial charge in [0.1, 0.15) is 11.3 Å². The minimum Gasteiger partial charge on any atom is -0.493 e. The largest absolute Gasteiger partial charge is 0.493 e. The van der Waals surface area contributed by atoms with Crippen molar-refractivity contribution in [3.8, 4) is 16.9 Å². The van der Waals surface area contributed by atoms with Crippen molar-refractivity contribution >= 4 is 28.1 Å². The molecule has 4 nitrogen and oxygen atoms in total. The molecule has 1 aromatic heterocycles. The summed E-state index contributed by atoms with van der Waals surface area (Å²) in [7, 11) is 0. The van der Waals surface area contributed by atoms with Crippen molar-refractivity contribution in [2.75, 3.05) is 11.9 Å². The lowest BCUT2D eigenvalue weighted by Crippen LogP contribution is -2.10. The number of anilines is 1. The van der Waals surface area contributed by atoms with Crippen LogP contribution in [0.4, 0.5) is 5.69 Å². The molecule has 0 aliphatic rings. The zero-order valence-corrected chi connectivity index (χ0v) is 20.7. The van der Waals surface area contributed by atoms with Crippen LogP contribution in [0.5, 0.6) is 5.75 Å². The summed E-state index contributed by atoms with van der Waals surface area (Å²) in [5.74, 6) is 0.526. The Hall–Kier alpha value is -3.79. The molecule has 0 aliphatic heterocycles. The van der Waals surface area contributed by atoms with Gasteiger partial charge < -0.3 is 14.5 Å². The van der Waals surface area contributed by atoms with E-state index in [2.05, 4.69) is 49.5 Å². The van der Waals surface area contributed by atoms with Crippen molar-refractivity contribution in [3.05, 3.63) is 88.7 Å². The maximum absolute atomic E-state index is 12.8. The van der Waals surface area contributed by atoms with Crippen molar-refractivity contribution in [3.63, 3.8) is 0 Å². The Labute approximate surface area is 201 Å². The van der Waals surface area contributed by atoms with Crippen LogP contribution in [-0.4, -0.2) is 12.5 Å². The number of ether oxygens (including phenoxy) is 1. The summed E-state index contributed by atoms with van der Waals surface area (Å²) < 4.78 is 11.8. The number of rotatable bonds is 6.